The van der Waals surface area contributed by atoms with Crippen molar-refractivity contribution in [3.05, 3.63) is 82.4 Å². The van der Waals surface area contributed by atoms with Gasteiger partial charge >= 0.3 is 5.97 Å². The number of amides is 1. The van der Waals surface area contributed by atoms with Crippen molar-refractivity contribution >= 4 is 34.9 Å². The summed E-state index contributed by atoms with van der Waals surface area (Å²) in [5, 5.41) is 4.20. The van der Waals surface area contributed by atoms with Crippen molar-refractivity contribution in [3.8, 4) is 11.5 Å². The number of fused-ring (bicyclic) bond motifs is 1. The average Bonchev–Trinajstić information content (AvgIpc) is 3.04. The molecular weight excluding hydrogens is 638 g/mol. The lowest BCUT2D eigenvalue weighted by atomic mass is 9.85. The Labute approximate surface area is 297 Å². The van der Waals surface area contributed by atoms with Gasteiger partial charge in [-0.3, -0.25) is 9.59 Å². The molecule has 1 aliphatic carbocycles. The molecule has 49 heavy (non-hydrogen) atoms. The van der Waals surface area contributed by atoms with Crippen LogP contribution in [0.15, 0.2) is 60.7 Å². The van der Waals surface area contributed by atoms with Crippen molar-refractivity contribution in [2.75, 3.05) is 37.0 Å². The lowest BCUT2D eigenvalue weighted by molar-refractivity contribution is -0.154. The van der Waals surface area contributed by atoms with Crippen LogP contribution in [-0.4, -0.2) is 56.9 Å². The second kappa shape index (κ2) is 15.9. The quantitative estimate of drug-likeness (QED) is 0.192. The Morgan fingerprint density at radius 1 is 1.00 bits per heavy atom. The van der Waals surface area contributed by atoms with E-state index in [1.54, 1.807) is 7.11 Å². The van der Waals surface area contributed by atoms with Crippen LogP contribution in [0.5, 0.6) is 11.5 Å². The molecule has 1 N–H and O–H groups in total. The highest BCUT2D eigenvalue weighted by Crippen LogP contribution is 2.44. The minimum atomic E-state index is -0.444. The highest BCUT2D eigenvalue weighted by molar-refractivity contribution is 6.30. The summed E-state index contributed by atoms with van der Waals surface area (Å²) in [7, 11) is 3.77. The van der Waals surface area contributed by atoms with Crippen molar-refractivity contribution in [3.63, 3.8) is 0 Å². The number of esters is 1. The van der Waals surface area contributed by atoms with Gasteiger partial charge in [0.15, 0.2) is 11.5 Å². The molecule has 264 valence electrons. The van der Waals surface area contributed by atoms with Gasteiger partial charge in [-0.05, 0) is 131 Å². The third kappa shape index (κ3) is 9.49. The van der Waals surface area contributed by atoms with E-state index in [1.807, 2.05) is 75.9 Å². The van der Waals surface area contributed by atoms with E-state index in [9.17, 15) is 9.59 Å². The first-order valence-electron chi connectivity index (χ1n) is 17.5. The van der Waals surface area contributed by atoms with Gasteiger partial charge in [0, 0.05) is 42.6 Å². The first kappa shape index (κ1) is 36.5. The number of hydrogen-bond acceptors (Lipinski definition) is 7. The lowest BCUT2D eigenvalue weighted by Gasteiger charge is -2.38. The maximum Gasteiger partial charge on any atom is 0.307 e. The standard InChI is InChI=1S/C40H52ClN3O5/c1-26(2)48-36-24-34-29(22-35(36)47-7)23-37(45)44(39(34)28-10-12-30(41)13-11-28)33-18-16-32(17-19-33)43(6)25-27-8-14-31(15-9-27)42-21-20-38(46)49-40(3,4)5/h10-13,16-19,22,24,26-27,31,39,42H,8-9,14-15,20-21,23,25H2,1-7H3/t27?,31?,39-/m0/s1. The molecule has 0 bridgehead atoms. The molecule has 1 heterocycles. The van der Waals surface area contributed by atoms with Crippen LogP contribution < -0.4 is 24.6 Å². The number of nitrogens with zero attached hydrogens (tertiary/aromatic N) is 2. The maximum absolute atomic E-state index is 13.9. The van der Waals surface area contributed by atoms with Crippen LogP contribution in [-0.2, 0) is 20.7 Å². The number of carbonyl (C=O) groups is 2. The fourth-order valence-corrected chi connectivity index (χ4v) is 7.14. The second-order valence-electron chi connectivity index (χ2n) is 14.7. The summed E-state index contributed by atoms with van der Waals surface area (Å²) >= 11 is 6.29. The molecule has 3 aromatic carbocycles. The summed E-state index contributed by atoms with van der Waals surface area (Å²) in [6.45, 7) is 11.3. The van der Waals surface area contributed by atoms with Crippen LogP contribution in [0.2, 0.25) is 5.02 Å². The molecule has 3 aromatic rings. The van der Waals surface area contributed by atoms with E-state index in [0.717, 1.165) is 60.3 Å². The predicted molar refractivity (Wildman–Crippen MR) is 197 cm³/mol. The monoisotopic (exact) mass is 689 g/mol. The number of halogens is 1. The zero-order chi connectivity index (χ0) is 35.3. The number of nitrogens with one attached hydrogen (secondary N) is 1. The van der Waals surface area contributed by atoms with E-state index in [4.69, 9.17) is 25.8 Å². The molecule has 1 amide bonds. The third-order valence-corrected chi connectivity index (χ3v) is 9.52. The molecule has 1 fully saturated rings. The van der Waals surface area contributed by atoms with Gasteiger partial charge < -0.3 is 29.3 Å². The summed E-state index contributed by atoms with van der Waals surface area (Å²) < 4.78 is 17.2. The second-order valence-corrected chi connectivity index (χ2v) is 15.1. The molecule has 1 saturated carbocycles. The topological polar surface area (TPSA) is 80.3 Å². The van der Waals surface area contributed by atoms with Crippen LogP contribution in [0.1, 0.15) is 89.5 Å². The average molecular weight is 690 g/mol. The zero-order valence-electron chi connectivity index (χ0n) is 30.1. The van der Waals surface area contributed by atoms with Crippen LogP contribution in [0.25, 0.3) is 0 Å². The van der Waals surface area contributed by atoms with Crippen LogP contribution in [0.3, 0.4) is 0 Å². The molecule has 8 nitrogen and oxygen atoms in total. The van der Waals surface area contributed by atoms with E-state index in [0.29, 0.717) is 41.4 Å². The smallest absolute Gasteiger partial charge is 0.307 e. The van der Waals surface area contributed by atoms with Gasteiger partial charge in [0.1, 0.15) is 5.60 Å². The first-order chi connectivity index (χ1) is 23.3. The third-order valence-electron chi connectivity index (χ3n) is 9.27. The van der Waals surface area contributed by atoms with Gasteiger partial charge in [-0.1, -0.05) is 23.7 Å². The molecule has 1 aliphatic heterocycles. The molecule has 5 rings (SSSR count). The normalized spacial score (nSPS) is 19.4. The minimum absolute atomic E-state index is 0.0181. The van der Waals surface area contributed by atoms with Crippen molar-refractivity contribution in [2.24, 2.45) is 5.92 Å². The first-order valence-corrected chi connectivity index (χ1v) is 17.9. The largest absolute Gasteiger partial charge is 0.493 e. The Balaban J connectivity index is 1.26. The Kier molecular flexibility index (Phi) is 11.8. The number of ether oxygens (including phenoxy) is 3. The highest BCUT2D eigenvalue weighted by Gasteiger charge is 2.36. The Morgan fingerprint density at radius 2 is 1.67 bits per heavy atom. The number of hydrogen-bond donors (Lipinski definition) is 1. The molecule has 9 heteroatoms. The van der Waals surface area contributed by atoms with Crippen LogP contribution in [0.4, 0.5) is 11.4 Å². The Morgan fingerprint density at radius 3 is 2.29 bits per heavy atom. The summed E-state index contributed by atoms with van der Waals surface area (Å²) in [6.07, 6.45) is 5.12. The van der Waals surface area contributed by atoms with E-state index >= 15 is 0 Å². The Bertz CT molecular complexity index is 1580. The van der Waals surface area contributed by atoms with Crippen molar-refractivity contribution in [2.45, 2.75) is 96.9 Å². The zero-order valence-corrected chi connectivity index (χ0v) is 30.8. The number of rotatable bonds is 12. The molecule has 1 atom stereocenters. The van der Waals surface area contributed by atoms with Gasteiger partial charge in [-0.2, -0.15) is 0 Å². The summed E-state index contributed by atoms with van der Waals surface area (Å²) in [4.78, 5) is 30.2. The molecule has 0 unspecified atom stereocenters. The van der Waals surface area contributed by atoms with Crippen LogP contribution in [0, 0.1) is 5.92 Å². The van der Waals surface area contributed by atoms with E-state index in [-0.39, 0.29) is 30.4 Å². The van der Waals surface area contributed by atoms with Crippen molar-refractivity contribution in [1.82, 2.24) is 5.32 Å². The van der Waals surface area contributed by atoms with Crippen LogP contribution >= 0.6 is 11.6 Å². The van der Waals surface area contributed by atoms with Gasteiger partial charge in [-0.15, -0.1) is 0 Å². The number of anilines is 2. The van der Waals surface area contributed by atoms with E-state index in [1.165, 1.54) is 0 Å². The lowest BCUT2D eigenvalue weighted by Crippen LogP contribution is -2.41. The number of methoxy groups -OCH3 is 1. The minimum Gasteiger partial charge on any atom is -0.493 e. The molecule has 0 aromatic heterocycles. The summed E-state index contributed by atoms with van der Waals surface area (Å²) in [6, 6.07) is 20.1. The van der Waals surface area contributed by atoms with Gasteiger partial charge in [-0.25, -0.2) is 0 Å². The highest BCUT2D eigenvalue weighted by atomic mass is 35.5. The molecule has 0 spiro atoms. The van der Waals surface area contributed by atoms with Crippen molar-refractivity contribution < 1.29 is 23.8 Å². The molecule has 2 aliphatic rings. The Hall–Kier alpha value is -3.75. The molecule has 0 radical (unpaired) electrons. The van der Waals surface area contributed by atoms with Gasteiger partial charge in [0.05, 0.1) is 32.1 Å². The summed E-state index contributed by atoms with van der Waals surface area (Å²) in [5.41, 5.74) is 4.42. The maximum atomic E-state index is 13.9. The van der Waals surface area contributed by atoms with E-state index < -0.39 is 5.60 Å². The molecule has 0 saturated heterocycles. The summed E-state index contributed by atoms with van der Waals surface area (Å²) in [5.74, 6) is 1.75. The fourth-order valence-electron chi connectivity index (χ4n) is 7.01. The fraction of sp³-hybridized carbons (Fsp3) is 0.500. The SMILES string of the molecule is COc1cc2c(cc1OC(C)C)[C@H](c1ccc(Cl)cc1)N(c1ccc(N(C)CC3CCC(NCCC(=O)OC(C)(C)C)CC3)cc1)C(=O)C2. The van der Waals surface area contributed by atoms with Gasteiger partial charge in [0.25, 0.3) is 0 Å². The number of benzene rings is 3. The number of carbonyl (C=O) groups excluding carboxylic acids is 2. The van der Waals surface area contributed by atoms with E-state index in [2.05, 4.69) is 41.5 Å². The van der Waals surface area contributed by atoms with Crippen molar-refractivity contribution in [1.29, 1.82) is 0 Å². The predicted octanol–water partition coefficient (Wildman–Crippen LogP) is 8.13. The molecular formula is C40H52ClN3O5. The van der Waals surface area contributed by atoms with Gasteiger partial charge in [0.2, 0.25) is 5.91 Å².